The van der Waals surface area contributed by atoms with Gasteiger partial charge < -0.3 is 9.84 Å². The second-order valence-corrected chi connectivity index (χ2v) is 6.58. The van der Waals surface area contributed by atoms with Crippen LogP contribution in [0.4, 0.5) is 17.6 Å². The summed E-state index contributed by atoms with van der Waals surface area (Å²) in [4.78, 5) is 1.95. The van der Waals surface area contributed by atoms with Gasteiger partial charge in [0, 0.05) is 33.4 Å². The summed E-state index contributed by atoms with van der Waals surface area (Å²) in [7, 11) is 1.57. The number of halogens is 4. The Morgan fingerprint density at radius 3 is 2.62 bits per heavy atom. The summed E-state index contributed by atoms with van der Waals surface area (Å²) in [6.07, 6.45) is -3.53. The molecule has 0 aromatic heterocycles. The third-order valence-corrected chi connectivity index (χ3v) is 4.74. The first kappa shape index (κ1) is 19.1. The lowest BCUT2D eigenvalue weighted by Crippen LogP contribution is -2.51. The van der Waals surface area contributed by atoms with Crippen LogP contribution < -0.4 is 0 Å². The van der Waals surface area contributed by atoms with E-state index in [9.17, 15) is 22.7 Å². The van der Waals surface area contributed by atoms with Crippen LogP contribution in [0.3, 0.4) is 0 Å². The molecule has 1 aliphatic heterocycles. The van der Waals surface area contributed by atoms with Crippen molar-refractivity contribution in [1.29, 1.82) is 0 Å². The van der Waals surface area contributed by atoms with Crippen LogP contribution in [0.1, 0.15) is 30.9 Å². The van der Waals surface area contributed by atoms with Gasteiger partial charge in [0.1, 0.15) is 5.82 Å². The van der Waals surface area contributed by atoms with Crippen LogP contribution in [0.15, 0.2) is 18.2 Å². The highest BCUT2D eigenvalue weighted by Crippen LogP contribution is 2.33. The summed E-state index contributed by atoms with van der Waals surface area (Å²) in [5.74, 6) is -0.932. The van der Waals surface area contributed by atoms with Crippen LogP contribution in [-0.4, -0.2) is 42.4 Å². The standard InChI is InChI=1S/C17H23F4NO2/c1-12-10-22(5-3-16(12,23)4-6-24-2)11-13-7-14(17(19,20)21)9-15(18)8-13/h7-9,12,23H,3-6,10-11H2,1-2H3/t12-,16-/m1/s1. The molecule has 1 saturated heterocycles. The molecule has 2 rings (SSSR count). The second-order valence-electron chi connectivity index (χ2n) is 6.58. The molecule has 0 amide bonds. The molecular weight excluding hydrogens is 326 g/mol. The van der Waals surface area contributed by atoms with Gasteiger partial charge in [-0.25, -0.2) is 4.39 Å². The van der Waals surface area contributed by atoms with Gasteiger partial charge in [-0.3, -0.25) is 4.90 Å². The van der Waals surface area contributed by atoms with E-state index < -0.39 is 23.2 Å². The van der Waals surface area contributed by atoms with Crippen molar-refractivity contribution in [3.8, 4) is 0 Å². The molecule has 24 heavy (non-hydrogen) atoms. The quantitative estimate of drug-likeness (QED) is 0.827. The molecule has 0 unspecified atom stereocenters. The molecule has 1 aromatic carbocycles. The highest BCUT2D eigenvalue weighted by atomic mass is 19.4. The molecule has 0 aliphatic carbocycles. The van der Waals surface area contributed by atoms with Gasteiger partial charge >= 0.3 is 6.18 Å². The maximum absolute atomic E-state index is 13.5. The molecule has 3 nitrogen and oxygen atoms in total. The summed E-state index contributed by atoms with van der Waals surface area (Å²) < 4.78 is 56.8. The Hall–Kier alpha value is -1.18. The fraction of sp³-hybridized carbons (Fsp3) is 0.647. The van der Waals surface area contributed by atoms with Crippen LogP contribution in [-0.2, 0) is 17.5 Å². The van der Waals surface area contributed by atoms with Crippen LogP contribution in [0, 0.1) is 11.7 Å². The third-order valence-electron chi connectivity index (χ3n) is 4.74. The summed E-state index contributed by atoms with van der Waals surface area (Å²) in [5.41, 5.74) is -1.51. The van der Waals surface area contributed by atoms with Gasteiger partial charge in [0.2, 0.25) is 0 Å². The maximum Gasteiger partial charge on any atom is 0.416 e. The molecule has 0 radical (unpaired) electrons. The lowest BCUT2D eigenvalue weighted by molar-refractivity contribution is -0.137. The minimum absolute atomic E-state index is 0.0444. The number of likely N-dealkylation sites (tertiary alicyclic amines) is 1. The molecule has 136 valence electrons. The maximum atomic E-state index is 13.5. The van der Waals surface area contributed by atoms with E-state index >= 15 is 0 Å². The van der Waals surface area contributed by atoms with Gasteiger partial charge in [0.15, 0.2) is 0 Å². The number of hydrogen-bond acceptors (Lipinski definition) is 3. The van der Waals surface area contributed by atoms with Crippen molar-refractivity contribution in [2.75, 3.05) is 26.8 Å². The minimum Gasteiger partial charge on any atom is -0.389 e. The van der Waals surface area contributed by atoms with Crippen molar-refractivity contribution in [1.82, 2.24) is 4.90 Å². The first-order valence-electron chi connectivity index (χ1n) is 7.94. The summed E-state index contributed by atoms with van der Waals surface area (Å²) in [6, 6.07) is 2.62. The SMILES string of the molecule is COCC[C@]1(O)CCN(Cc2cc(F)cc(C(F)(F)F)c2)C[C@H]1C. The number of rotatable bonds is 5. The zero-order chi connectivity index (χ0) is 18.0. The van der Waals surface area contributed by atoms with E-state index in [0.29, 0.717) is 38.6 Å². The largest absolute Gasteiger partial charge is 0.416 e. The van der Waals surface area contributed by atoms with Gasteiger partial charge in [-0.1, -0.05) is 6.92 Å². The summed E-state index contributed by atoms with van der Waals surface area (Å²) in [5, 5.41) is 10.6. The molecule has 1 N–H and O–H groups in total. The van der Waals surface area contributed by atoms with Crippen molar-refractivity contribution in [2.24, 2.45) is 5.92 Å². The van der Waals surface area contributed by atoms with Gasteiger partial charge in [-0.05, 0) is 42.5 Å². The van der Waals surface area contributed by atoms with Crippen molar-refractivity contribution in [3.63, 3.8) is 0 Å². The monoisotopic (exact) mass is 349 g/mol. The molecule has 1 aliphatic rings. The normalized spacial score (nSPS) is 25.9. The highest BCUT2D eigenvalue weighted by Gasteiger charge is 2.38. The predicted molar refractivity (Wildman–Crippen MR) is 81.9 cm³/mol. The number of piperidine rings is 1. The van der Waals surface area contributed by atoms with Crippen molar-refractivity contribution < 1.29 is 27.4 Å². The molecule has 7 heteroatoms. The van der Waals surface area contributed by atoms with Crippen LogP contribution in [0.5, 0.6) is 0 Å². The molecule has 1 aromatic rings. The average molecular weight is 349 g/mol. The van der Waals surface area contributed by atoms with Crippen molar-refractivity contribution in [2.45, 2.75) is 38.1 Å². The molecule has 0 bridgehead atoms. The van der Waals surface area contributed by atoms with Gasteiger partial charge in [-0.15, -0.1) is 0 Å². The average Bonchev–Trinajstić information content (AvgIpc) is 2.48. The van der Waals surface area contributed by atoms with Gasteiger partial charge in [0.25, 0.3) is 0 Å². The smallest absolute Gasteiger partial charge is 0.389 e. The van der Waals surface area contributed by atoms with E-state index in [0.717, 1.165) is 12.1 Å². The fourth-order valence-electron chi connectivity index (χ4n) is 3.20. The fourth-order valence-corrected chi connectivity index (χ4v) is 3.20. The van der Waals surface area contributed by atoms with E-state index in [4.69, 9.17) is 4.74 Å². The Morgan fingerprint density at radius 1 is 1.33 bits per heavy atom. The Labute approximate surface area is 139 Å². The Balaban J connectivity index is 2.04. The number of methoxy groups -OCH3 is 1. The zero-order valence-electron chi connectivity index (χ0n) is 13.9. The molecule has 1 fully saturated rings. The Morgan fingerprint density at radius 2 is 2.04 bits per heavy atom. The number of benzene rings is 1. The number of aliphatic hydroxyl groups is 1. The van der Waals surface area contributed by atoms with Crippen LogP contribution in [0.25, 0.3) is 0 Å². The summed E-state index contributed by atoms with van der Waals surface area (Å²) >= 11 is 0. The molecule has 0 spiro atoms. The van der Waals surface area contributed by atoms with E-state index in [1.807, 2.05) is 11.8 Å². The number of alkyl halides is 3. The predicted octanol–water partition coefficient (Wildman–Crippen LogP) is 3.45. The number of nitrogens with zero attached hydrogens (tertiary/aromatic N) is 1. The third kappa shape index (κ3) is 4.68. The lowest BCUT2D eigenvalue weighted by atomic mass is 9.80. The Bertz CT molecular complexity index is 564. The number of ether oxygens (including phenoxy) is 1. The molecular formula is C17H23F4NO2. The lowest BCUT2D eigenvalue weighted by Gasteiger charge is -2.43. The van der Waals surface area contributed by atoms with E-state index in [-0.39, 0.29) is 18.0 Å². The first-order chi connectivity index (χ1) is 11.1. The van der Waals surface area contributed by atoms with Crippen LogP contribution in [0.2, 0.25) is 0 Å². The molecule has 0 saturated carbocycles. The van der Waals surface area contributed by atoms with Crippen molar-refractivity contribution >= 4 is 0 Å². The Kier molecular flexibility index (Phi) is 5.88. The minimum atomic E-state index is -4.56. The first-order valence-corrected chi connectivity index (χ1v) is 7.94. The number of hydrogen-bond donors (Lipinski definition) is 1. The van der Waals surface area contributed by atoms with E-state index in [1.54, 1.807) is 7.11 Å². The van der Waals surface area contributed by atoms with Crippen molar-refractivity contribution in [3.05, 3.63) is 35.1 Å². The zero-order valence-corrected chi connectivity index (χ0v) is 13.9. The second kappa shape index (κ2) is 7.37. The molecule has 2 atom stereocenters. The van der Waals surface area contributed by atoms with Gasteiger partial charge in [-0.2, -0.15) is 13.2 Å². The molecule has 1 heterocycles. The van der Waals surface area contributed by atoms with Gasteiger partial charge in [0.05, 0.1) is 11.2 Å². The topological polar surface area (TPSA) is 32.7 Å². The highest BCUT2D eigenvalue weighted by molar-refractivity contribution is 5.27. The van der Waals surface area contributed by atoms with E-state index in [2.05, 4.69) is 0 Å². The van der Waals surface area contributed by atoms with E-state index in [1.165, 1.54) is 0 Å². The summed E-state index contributed by atoms with van der Waals surface area (Å²) in [6.45, 7) is 3.68. The van der Waals surface area contributed by atoms with Crippen LogP contribution >= 0.6 is 0 Å².